The van der Waals surface area contributed by atoms with Gasteiger partial charge in [-0.25, -0.2) is 4.98 Å². The summed E-state index contributed by atoms with van der Waals surface area (Å²) in [5.41, 5.74) is 4.40. The summed E-state index contributed by atoms with van der Waals surface area (Å²) in [5.74, 6) is -0.684. The molecule has 1 aromatic carbocycles. The van der Waals surface area contributed by atoms with Crippen molar-refractivity contribution in [1.82, 2.24) is 9.55 Å². The van der Waals surface area contributed by atoms with Crippen molar-refractivity contribution < 1.29 is 9.53 Å². The lowest BCUT2D eigenvalue weighted by molar-refractivity contribution is -0.148. The number of ether oxygens (including phenoxy) is 1. The fourth-order valence-corrected chi connectivity index (χ4v) is 4.96. The van der Waals surface area contributed by atoms with Gasteiger partial charge in [0.05, 0.1) is 39.5 Å². The third kappa shape index (κ3) is 2.17. The first-order chi connectivity index (χ1) is 13.6. The van der Waals surface area contributed by atoms with E-state index in [4.69, 9.17) is 21.3 Å². The Morgan fingerprint density at radius 1 is 1.21 bits per heavy atom. The fourth-order valence-electron chi connectivity index (χ4n) is 4.59. The van der Waals surface area contributed by atoms with Crippen LogP contribution in [0.1, 0.15) is 55.3 Å². The second-order valence-corrected chi connectivity index (χ2v) is 7.71. The van der Waals surface area contributed by atoms with E-state index >= 15 is 0 Å². The number of hydrogen-bond donors (Lipinski definition) is 0. The largest absolute Gasteiger partial charge is 0.460 e. The highest BCUT2D eigenvalue weighted by Gasteiger charge is 2.38. The zero-order valence-electron chi connectivity index (χ0n) is 15.7. The molecule has 3 aromatic rings. The average molecular weight is 395 g/mol. The molecule has 0 unspecified atom stereocenters. The number of hydrogen-bond acceptors (Lipinski definition) is 4. The van der Waals surface area contributed by atoms with Crippen molar-refractivity contribution in [1.29, 1.82) is 0 Å². The van der Waals surface area contributed by atoms with Gasteiger partial charge < -0.3 is 4.74 Å². The van der Waals surface area contributed by atoms with E-state index in [1.54, 1.807) is 4.57 Å². The average Bonchev–Trinajstić information content (AvgIpc) is 3.02. The minimum absolute atomic E-state index is 0.0275. The topological polar surface area (TPSA) is 61.2 Å². The van der Waals surface area contributed by atoms with Crippen LogP contribution in [0.2, 0.25) is 5.02 Å². The third-order valence-electron chi connectivity index (χ3n) is 5.94. The fraction of sp³-hybridized carbons (Fsp3) is 0.318. The predicted molar refractivity (Wildman–Crippen MR) is 108 cm³/mol. The number of halogens is 1. The Balaban J connectivity index is 1.87. The van der Waals surface area contributed by atoms with Crippen molar-refractivity contribution in [3.8, 4) is 11.4 Å². The number of aromatic nitrogens is 2. The van der Waals surface area contributed by atoms with Crippen LogP contribution >= 0.6 is 11.6 Å². The molecule has 0 bridgehead atoms. The van der Waals surface area contributed by atoms with Gasteiger partial charge in [0.2, 0.25) is 0 Å². The lowest BCUT2D eigenvalue weighted by Gasteiger charge is -2.25. The molecule has 142 valence electrons. The molecule has 2 aromatic heterocycles. The number of carbonyl (C=O) groups excluding carboxylic acids is 1. The third-order valence-corrected chi connectivity index (χ3v) is 6.35. The van der Waals surface area contributed by atoms with Gasteiger partial charge in [-0.1, -0.05) is 43.6 Å². The van der Waals surface area contributed by atoms with Crippen molar-refractivity contribution in [2.75, 3.05) is 0 Å². The Kier molecular flexibility index (Phi) is 3.85. The van der Waals surface area contributed by atoms with Crippen LogP contribution in [0.15, 0.2) is 35.1 Å². The Hall–Kier alpha value is -2.66. The van der Waals surface area contributed by atoms with E-state index < -0.39 is 5.92 Å². The van der Waals surface area contributed by atoms with Gasteiger partial charge in [-0.15, -0.1) is 0 Å². The summed E-state index contributed by atoms with van der Waals surface area (Å²) in [4.78, 5) is 30.5. The van der Waals surface area contributed by atoms with Crippen molar-refractivity contribution in [2.45, 2.75) is 45.3 Å². The molecule has 0 N–H and O–H groups in total. The van der Waals surface area contributed by atoms with Crippen molar-refractivity contribution in [3.63, 3.8) is 0 Å². The Morgan fingerprint density at radius 3 is 2.75 bits per heavy atom. The number of esters is 1. The molecule has 0 spiro atoms. The normalized spacial score (nSPS) is 19.9. The van der Waals surface area contributed by atoms with Gasteiger partial charge in [0.25, 0.3) is 5.56 Å². The Morgan fingerprint density at radius 2 is 2.00 bits per heavy atom. The maximum Gasteiger partial charge on any atom is 0.313 e. The highest BCUT2D eigenvalue weighted by Crippen LogP contribution is 2.46. The minimum atomic E-state index is -0.414. The smallest absolute Gasteiger partial charge is 0.313 e. The van der Waals surface area contributed by atoms with E-state index in [0.717, 1.165) is 39.8 Å². The molecule has 2 atom stereocenters. The highest BCUT2D eigenvalue weighted by atomic mass is 35.5. The van der Waals surface area contributed by atoms with Crippen molar-refractivity contribution in [3.05, 3.63) is 62.4 Å². The number of benzene rings is 1. The second kappa shape index (κ2) is 6.17. The summed E-state index contributed by atoms with van der Waals surface area (Å²) in [5, 5.41) is 1.53. The molecule has 2 aliphatic heterocycles. The van der Waals surface area contributed by atoms with Crippen molar-refractivity contribution in [2.24, 2.45) is 0 Å². The quantitative estimate of drug-likeness (QED) is 0.597. The van der Waals surface area contributed by atoms with Crippen LogP contribution in [-0.4, -0.2) is 15.5 Å². The predicted octanol–water partition coefficient (Wildman–Crippen LogP) is 4.58. The highest BCUT2D eigenvalue weighted by molar-refractivity contribution is 6.36. The minimum Gasteiger partial charge on any atom is -0.460 e. The molecule has 6 heteroatoms. The van der Waals surface area contributed by atoms with Crippen LogP contribution in [0.25, 0.3) is 22.3 Å². The van der Waals surface area contributed by atoms with Gasteiger partial charge in [-0.05, 0) is 30.5 Å². The van der Waals surface area contributed by atoms with Crippen LogP contribution < -0.4 is 5.56 Å². The molecule has 5 rings (SSSR count). The van der Waals surface area contributed by atoms with Crippen LogP contribution in [0, 0.1) is 0 Å². The maximum atomic E-state index is 13.4. The molecular formula is C22H19ClN2O3. The summed E-state index contributed by atoms with van der Waals surface area (Å²) in [7, 11) is 0. The van der Waals surface area contributed by atoms with E-state index in [2.05, 4.69) is 0 Å². The van der Waals surface area contributed by atoms with Crippen molar-refractivity contribution >= 4 is 28.5 Å². The number of pyridine rings is 2. The summed E-state index contributed by atoms with van der Waals surface area (Å²) >= 11 is 6.81. The zero-order valence-corrected chi connectivity index (χ0v) is 16.4. The first-order valence-corrected chi connectivity index (χ1v) is 9.98. The van der Waals surface area contributed by atoms with E-state index in [1.165, 1.54) is 0 Å². The van der Waals surface area contributed by atoms with E-state index in [0.29, 0.717) is 17.0 Å². The number of cyclic esters (lactones) is 1. The maximum absolute atomic E-state index is 13.4. The number of nitrogens with zero attached hydrogens (tertiary/aromatic N) is 2. The molecule has 5 nitrogen and oxygen atoms in total. The first kappa shape index (κ1) is 17.4. The molecule has 0 fully saturated rings. The molecule has 28 heavy (non-hydrogen) atoms. The van der Waals surface area contributed by atoms with Crippen LogP contribution in [-0.2, 0) is 16.1 Å². The van der Waals surface area contributed by atoms with Gasteiger partial charge in [0.15, 0.2) is 0 Å². The monoisotopic (exact) mass is 394 g/mol. The molecule has 4 heterocycles. The first-order valence-electron chi connectivity index (χ1n) is 9.60. The molecule has 0 saturated carbocycles. The number of carbonyl (C=O) groups is 1. The van der Waals surface area contributed by atoms with Gasteiger partial charge in [-0.3, -0.25) is 14.2 Å². The standard InChI is InChI=1S/C22H19ClN2O3/c1-3-11-13-9-17-20-18(19(23)12-7-5-6-8-15(12)24-20)16(4-2)25(17)21(26)14(13)10-28-22(11)27/h5-9,11,16H,3-4,10H2,1-2H3/t11-,16-/m0/s1. The number of rotatable bonds is 2. The number of fused-ring (bicyclic) bond motifs is 5. The lowest BCUT2D eigenvalue weighted by Crippen LogP contribution is -2.33. The van der Waals surface area contributed by atoms with E-state index in [-0.39, 0.29) is 24.2 Å². The molecular weight excluding hydrogens is 376 g/mol. The summed E-state index contributed by atoms with van der Waals surface area (Å²) in [6, 6.07) is 9.52. The number of para-hydroxylation sites is 1. The summed E-state index contributed by atoms with van der Waals surface area (Å²) in [6.07, 6.45) is 1.31. The molecule has 0 saturated heterocycles. The Labute approximate surface area is 166 Å². The van der Waals surface area contributed by atoms with Gasteiger partial charge >= 0.3 is 5.97 Å². The lowest BCUT2D eigenvalue weighted by atomic mass is 9.90. The second-order valence-electron chi connectivity index (χ2n) is 7.34. The molecule has 0 amide bonds. The summed E-state index contributed by atoms with van der Waals surface area (Å²) in [6.45, 7) is 3.99. The zero-order chi connectivity index (χ0) is 19.6. The van der Waals surface area contributed by atoms with Crippen LogP contribution in [0.4, 0.5) is 0 Å². The summed E-state index contributed by atoms with van der Waals surface area (Å²) < 4.78 is 7.07. The van der Waals surface area contributed by atoms with Gasteiger partial charge in [0.1, 0.15) is 6.61 Å². The molecule has 0 aliphatic carbocycles. The van der Waals surface area contributed by atoms with Crippen LogP contribution in [0.3, 0.4) is 0 Å². The molecule has 2 aliphatic rings. The van der Waals surface area contributed by atoms with Gasteiger partial charge in [0, 0.05) is 10.9 Å². The van der Waals surface area contributed by atoms with E-state index in [9.17, 15) is 9.59 Å². The Bertz CT molecular complexity index is 1210. The van der Waals surface area contributed by atoms with Gasteiger partial charge in [-0.2, -0.15) is 0 Å². The molecule has 0 radical (unpaired) electrons. The van der Waals surface area contributed by atoms with E-state index in [1.807, 2.05) is 44.2 Å². The van der Waals surface area contributed by atoms with Crippen LogP contribution in [0.5, 0.6) is 0 Å². The SMILES string of the molecule is CC[C@@H]1C(=O)OCc2c1cc1n(c2=O)[C@@H](CC)c2c-1nc1ccccc1c2Cl.